The van der Waals surface area contributed by atoms with E-state index in [4.69, 9.17) is 10.7 Å². The summed E-state index contributed by atoms with van der Waals surface area (Å²) in [6.45, 7) is 7.42. The van der Waals surface area contributed by atoms with Gasteiger partial charge in [-0.2, -0.15) is 0 Å². The van der Waals surface area contributed by atoms with Crippen molar-refractivity contribution in [1.82, 2.24) is 10.3 Å². The van der Waals surface area contributed by atoms with E-state index in [9.17, 15) is 4.79 Å². The number of rotatable bonds is 3. The number of carbonyl (C=O) groups excluding carboxylic acids is 1. The van der Waals surface area contributed by atoms with Crippen LogP contribution < -0.4 is 11.1 Å². The summed E-state index contributed by atoms with van der Waals surface area (Å²) < 4.78 is 0. The summed E-state index contributed by atoms with van der Waals surface area (Å²) in [6, 6.07) is 12.1. The molecule has 0 radical (unpaired) electrons. The Labute approximate surface area is 170 Å². The van der Waals surface area contributed by atoms with Crippen molar-refractivity contribution in [3.8, 4) is 0 Å². The highest BCUT2D eigenvalue weighted by molar-refractivity contribution is 7.21. The Balaban J connectivity index is 1.60. The van der Waals surface area contributed by atoms with Gasteiger partial charge in [0.15, 0.2) is 0 Å². The average Bonchev–Trinajstić information content (AvgIpc) is 3.00. The van der Waals surface area contributed by atoms with Gasteiger partial charge in [-0.3, -0.25) is 4.79 Å². The van der Waals surface area contributed by atoms with Gasteiger partial charge in [-0.25, -0.2) is 4.98 Å². The monoisotopic (exact) mass is 393 g/mol. The van der Waals surface area contributed by atoms with Gasteiger partial charge in [0.1, 0.15) is 9.71 Å². The molecule has 3 N–H and O–H groups in total. The van der Waals surface area contributed by atoms with Crippen LogP contribution >= 0.6 is 11.3 Å². The summed E-state index contributed by atoms with van der Waals surface area (Å²) >= 11 is 1.40. The first kappa shape index (κ1) is 18.9. The fraction of sp³-hybridized carbons (Fsp3) is 0.391. The topological polar surface area (TPSA) is 68.0 Å². The van der Waals surface area contributed by atoms with Crippen LogP contribution in [0.3, 0.4) is 0 Å². The first-order valence-corrected chi connectivity index (χ1v) is 10.7. The quantitative estimate of drug-likeness (QED) is 0.661. The molecule has 4 nitrogen and oxygen atoms in total. The number of thiophene rings is 1. The van der Waals surface area contributed by atoms with E-state index in [0.29, 0.717) is 23.0 Å². The van der Waals surface area contributed by atoms with Crippen molar-refractivity contribution in [1.29, 1.82) is 0 Å². The van der Waals surface area contributed by atoms with Crippen molar-refractivity contribution in [2.75, 3.05) is 5.73 Å². The van der Waals surface area contributed by atoms with Crippen molar-refractivity contribution in [3.05, 3.63) is 58.1 Å². The molecule has 0 fully saturated rings. The number of aromatic nitrogens is 1. The number of pyridine rings is 1. The normalized spacial score (nSPS) is 16.8. The van der Waals surface area contributed by atoms with Gasteiger partial charge in [0, 0.05) is 17.6 Å². The molecule has 0 saturated heterocycles. The molecule has 1 aromatic carbocycles. The molecule has 3 aromatic rings. The average molecular weight is 394 g/mol. The predicted octanol–water partition coefficient (Wildman–Crippen LogP) is 4.96. The number of hydrogen-bond acceptors (Lipinski definition) is 4. The fourth-order valence-corrected chi connectivity index (χ4v) is 4.97. The lowest BCUT2D eigenvalue weighted by Gasteiger charge is -2.34. The predicted molar refractivity (Wildman–Crippen MR) is 117 cm³/mol. The maximum Gasteiger partial charge on any atom is 0.263 e. The van der Waals surface area contributed by atoms with Crippen LogP contribution in [0.25, 0.3) is 10.2 Å². The molecule has 1 aliphatic carbocycles. The molecule has 146 valence electrons. The number of nitrogens with two attached hydrogens (primary N) is 1. The highest BCUT2D eigenvalue weighted by Gasteiger charge is 2.30. The number of benzene rings is 1. The van der Waals surface area contributed by atoms with Crippen molar-refractivity contribution >= 4 is 33.1 Å². The minimum Gasteiger partial charge on any atom is -0.397 e. The Morgan fingerprint density at radius 1 is 1.29 bits per heavy atom. The molecule has 0 saturated carbocycles. The van der Waals surface area contributed by atoms with Crippen molar-refractivity contribution in [3.63, 3.8) is 0 Å². The van der Waals surface area contributed by atoms with Crippen molar-refractivity contribution < 1.29 is 4.79 Å². The standard InChI is InChI=1S/C23H27N3OS/c1-23(2,3)16-9-10-18-15(11-16)12-17-19(24)20(28-22(17)26-18)21(27)25-13-14-7-5-4-6-8-14/h4-8,12,16H,9-11,13,24H2,1-3H3,(H,25,27)/t16-/m1/s1. The van der Waals surface area contributed by atoms with Crippen LogP contribution in [-0.4, -0.2) is 10.9 Å². The third kappa shape index (κ3) is 3.63. The molecular formula is C23H27N3OS. The van der Waals surface area contributed by atoms with Gasteiger partial charge in [0.2, 0.25) is 0 Å². The Hall–Kier alpha value is -2.40. The maximum absolute atomic E-state index is 12.7. The fourth-order valence-electron chi connectivity index (χ4n) is 3.96. The Bertz CT molecular complexity index is 1020. The van der Waals surface area contributed by atoms with E-state index in [1.54, 1.807) is 0 Å². The van der Waals surface area contributed by atoms with Crippen LogP contribution in [-0.2, 0) is 19.4 Å². The smallest absolute Gasteiger partial charge is 0.263 e. The van der Waals surface area contributed by atoms with Gasteiger partial charge in [0.25, 0.3) is 5.91 Å². The van der Waals surface area contributed by atoms with E-state index in [2.05, 4.69) is 32.2 Å². The zero-order valence-corrected chi connectivity index (χ0v) is 17.5. The van der Waals surface area contributed by atoms with Crippen LogP contribution in [0.5, 0.6) is 0 Å². The van der Waals surface area contributed by atoms with Crippen LogP contribution in [0, 0.1) is 11.3 Å². The summed E-state index contributed by atoms with van der Waals surface area (Å²) in [6.07, 6.45) is 3.20. The Morgan fingerprint density at radius 2 is 2.04 bits per heavy atom. The second kappa shape index (κ2) is 7.21. The van der Waals surface area contributed by atoms with Crippen LogP contribution in [0.2, 0.25) is 0 Å². The van der Waals surface area contributed by atoms with Crippen molar-refractivity contribution in [2.24, 2.45) is 11.3 Å². The van der Waals surface area contributed by atoms with E-state index < -0.39 is 0 Å². The van der Waals surface area contributed by atoms with Gasteiger partial charge < -0.3 is 11.1 Å². The molecule has 1 atom stereocenters. The third-order valence-corrected chi connectivity index (χ3v) is 6.93. The molecular weight excluding hydrogens is 366 g/mol. The highest BCUT2D eigenvalue weighted by Crippen LogP contribution is 2.40. The Morgan fingerprint density at radius 3 is 2.75 bits per heavy atom. The van der Waals surface area contributed by atoms with E-state index in [1.807, 2.05) is 30.3 Å². The van der Waals surface area contributed by atoms with Gasteiger partial charge >= 0.3 is 0 Å². The molecule has 5 heteroatoms. The molecule has 0 unspecified atom stereocenters. The number of amides is 1. The zero-order valence-electron chi connectivity index (χ0n) is 16.7. The number of fused-ring (bicyclic) bond motifs is 2. The molecule has 1 amide bonds. The number of carbonyl (C=O) groups is 1. The Kier molecular flexibility index (Phi) is 4.88. The van der Waals surface area contributed by atoms with E-state index in [1.165, 1.54) is 29.0 Å². The van der Waals surface area contributed by atoms with Crippen LogP contribution in [0.15, 0.2) is 36.4 Å². The highest BCUT2D eigenvalue weighted by atomic mass is 32.1. The molecule has 0 spiro atoms. The summed E-state index contributed by atoms with van der Waals surface area (Å²) in [7, 11) is 0. The largest absolute Gasteiger partial charge is 0.397 e. The van der Waals surface area contributed by atoms with Gasteiger partial charge in [-0.1, -0.05) is 51.1 Å². The second-order valence-electron chi connectivity index (χ2n) is 8.77. The SMILES string of the molecule is CC(C)(C)[C@@H]1CCc2nc3sc(C(=O)NCc4ccccc4)c(N)c3cc2C1. The molecule has 4 rings (SSSR count). The van der Waals surface area contributed by atoms with Crippen LogP contribution in [0.4, 0.5) is 5.69 Å². The number of anilines is 1. The number of hydrogen-bond donors (Lipinski definition) is 2. The van der Waals surface area contributed by atoms with Gasteiger partial charge in [-0.05, 0) is 47.8 Å². The lowest BCUT2D eigenvalue weighted by Crippen LogP contribution is -2.27. The number of aryl methyl sites for hydroxylation is 1. The second-order valence-corrected chi connectivity index (χ2v) is 9.76. The summed E-state index contributed by atoms with van der Waals surface area (Å²) in [4.78, 5) is 19.0. The molecule has 2 heterocycles. The first-order chi connectivity index (χ1) is 13.3. The molecule has 2 aromatic heterocycles. The van der Waals surface area contributed by atoms with E-state index in [-0.39, 0.29) is 11.3 Å². The van der Waals surface area contributed by atoms with E-state index in [0.717, 1.165) is 28.6 Å². The van der Waals surface area contributed by atoms with Gasteiger partial charge in [0.05, 0.1) is 5.69 Å². The zero-order chi connectivity index (χ0) is 19.9. The van der Waals surface area contributed by atoms with E-state index >= 15 is 0 Å². The van der Waals surface area contributed by atoms with Gasteiger partial charge in [-0.15, -0.1) is 11.3 Å². The maximum atomic E-state index is 12.7. The summed E-state index contributed by atoms with van der Waals surface area (Å²) in [5.41, 5.74) is 10.7. The minimum atomic E-state index is -0.130. The summed E-state index contributed by atoms with van der Waals surface area (Å²) in [5, 5.41) is 3.90. The number of nitrogens with zero attached hydrogens (tertiary/aromatic N) is 1. The lowest BCUT2D eigenvalue weighted by atomic mass is 9.71. The molecule has 1 aliphatic rings. The number of nitrogen functional groups attached to an aromatic ring is 1. The third-order valence-electron chi connectivity index (χ3n) is 5.81. The number of nitrogens with one attached hydrogen (secondary N) is 1. The van der Waals surface area contributed by atoms with Crippen molar-refractivity contribution in [2.45, 2.75) is 46.6 Å². The summed E-state index contributed by atoms with van der Waals surface area (Å²) in [5.74, 6) is 0.516. The first-order valence-electron chi connectivity index (χ1n) is 9.86. The molecule has 0 aliphatic heterocycles. The molecule has 28 heavy (non-hydrogen) atoms. The molecule has 0 bridgehead atoms. The minimum absolute atomic E-state index is 0.130. The van der Waals surface area contributed by atoms with Crippen LogP contribution in [0.1, 0.15) is 53.7 Å². The lowest BCUT2D eigenvalue weighted by molar-refractivity contribution is 0.0956.